The molecule has 22 heavy (non-hydrogen) atoms. The van der Waals surface area contributed by atoms with E-state index in [4.69, 9.17) is 9.84 Å². The number of nitrogens with one attached hydrogen (secondary N) is 1. The van der Waals surface area contributed by atoms with Crippen LogP contribution < -0.4 is 5.32 Å². The van der Waals surface area contributed by atoms with Crippen LogP contribution in [0.15, 0.2) is 6.20 Å². The van der Waals surface area contributed by atoms with Crippen LogP contribution in [0, 0.1) is 0 Å². The lowest BCUT2D eigenvalue weighted by Crippen LogP contribution is -2.45. The number of alkyl carbamates (subject to hydrolysis) is 1. The minimum absolute atomic E-state index is 0.0957. The van der Waals surface area contributed by atoms with Gasteiger partial charge in [0.1, 0.15) is 5.60 Å². The number of aromatic nitrogens is 3. The molecule has 0 aliphatic heterocycles. The van der Waals surface area contributed by atoms with E-state index in [1.54, 1.807) is 0 Å². The maximum Gasteiger partial charge on any atom is 0.407 e. The molecule has 1 saturated carbocycles. The van der Waals surface area contributed by atoms with E-state index in [-0.39, 0.29) is 17.8 Å². The van der Waals surface area contributed by atoms with E-state index in [1.165, 1.54) is 10.9 Å². The fourth-order valence-corrected chi connectivity index (χ4v) is 2.59. The minimum atomic E-state index is -1.11. The lowest BCUT2D eigenvalue weighted by molar-refractivity contribution is 0.0467. The summed E-state index contributed by atoms with van der Waals surface area (Å²) in [6, 6.07) is -0.256. The van der Waals surface area contributed by atoms with E-state index in [1.807, 2.05) is 20.8 Å². The largest absolute Gasteiger partial charge is 0.476 e. The van der Waals surface area contributed by atoms with Crippen LogP contribution in [-0.4, -0.2) is 43.8 Å². The molecular formula is C14H22N4O4. The Hall–Kier alpha value is -2.12. The van der Waals surface area contributed by atoms with Gasteiger partial charge in [-0.25, -0.2) is 14.3 Å². The van der Waals surface area contributed by atoms with Crippen LogP contribution in [0.2, 0.25) is 0 Å². The van der Waals surface area contributed by atoms with Crippen molar-refractivity contribution < 1.29 is 19.4 Å². The summed E-state index contributed by atoms with van der Waals surface area (Å²) >= 11 is 0. The van der Waals surface area contributed by atoms with Gasteiger partial charge in [-0.3, -0.25) is 0 Å². The monoisotopic (exact) mass is 310 g/mol. The highest BCUT2D eigenvalue weighted by atomic mass is 16.6. The first-order valence-electron chi connectivity index (χ1n) is 7.41. The van der Waals surface area contributed by atoms with Gasteiger partial charge in [-0.2, -0.15) is 0 Å². The van der Waals surface area contributed by atoms with Crippen molar-refractivity contribution in [2.45, 2.75) is 64.1 Å². The standard InChI is InChI=1S/C14H22N4O4/c1-14(2,3)22-13(21)15-9-6-4-5-7-11(9)18-8-10(12(19)20)16-17-18/h8-9,11H,4-7H2,1-3H3,(H,15,21)(H,19,20). The molecule has 0 spiro atoms. The number of hydrogen-bond acceptors (Lipinski definition) is 5. The van der Waals surface area contributed by atoms with Crippen LogP contribution in [0.1, 0.15) is 63.0 Å². The van der Waals surface area contributed by atoms with Gasteiger partial charge in [0.15, 0.2) is 5.69 Å². The number of carboxylic acids is 1. The van der Waals surface area contributed by atoms with Crippen molar-refractivity contribution in [2.24, 2.45) is 0 Å². The number of carbonyl (C=O) groups is 2. The normalized spacial score (nSPS) is 22.1. The fourth-order valence-electron chi connectivity index (χ4n) is 2.59. The Labute approximate surface area is 128 Å². The van der Waals surface area contributed by atoms with Crippen molar-refractivity contribution in [2.75, 3.05) is 0 Å². The SMILES string of the molecule is CC(C)(C)OC(=O)NC1CCCCC1n1cc(C(=O)O)nn1. The molecule has 2 unspecified atom stereocenters. The third kappa shape index (κ3) is 4.19. The van der Waals surface area contributed by atoms with E-state index < -0.39 is 17.7 Å². The fraction of sp³-hybridized carbons (Fsp3) is 0.714. The first-order chi connectivity index (χ1) is 10.3. The summed E-state index contributed by atoms with van der Waals surface area (Å²) in [7, 11) is 0. The highest BCUT2D eigenvalue weighted by Crippen LogP contribution is 2.28. The summed E-state index contributed by atoms with van der Waals surface area (Å²) in [6.07, 6.45) is 4.54. The lowest BCUT2D eigenvalue weighted by atomic mass is 9.90. The maximum absolute atomic E-state index is 11.9. The first kappa shape index (κ1) is 16.3. The second kappa shape index (κ2) is 6.33. The lowest BCUT2D eigenvalue weighted by Gasteiger charge is -2.32. The molecule has 2 rings (SSSR count). The van der Waals surface area contributed by atoms with E-state index in [0.29, 0.717) is 0 Å². The van der Waals surface area contributed by atoms with E-state index >= 15 is 0 Å². The molecule has 1 aromatic heterocycles. The highest BCUT2D eigenvalue weighted by molar-refractivity contribution is 5.84. The van der Waals surface area contributed by atoms with Crippen LogP contribution in [-0.2, 0) is 4.74 Å². The molecule has 1 heterocycles. The van der Waals surface area contributed by atoms with Gasteiger partial charge in [-0.1, -0.05) is 18.1 Å². The zero-order chi connectivity index (χ0) is 16.3. The predicted octanol–water partition coefficient (Wildman–Crippen LogP) is 1.98. The summed E-state index contributed by atoms with van der Waals surface area (Å²) in [5.41, 5.74) is -0.653. The van der Waals surface area contributed by atoms with Crippen LogP contribution in [0.3, 0.4) is 0 Å². The van der Waals surface area contributed by atoms with Crippen molar-refractivity contribution in [1.29, 1.82) is 0 Å². The van der Waals surface area contributed by atoms with E-state index in [9.17, 15) is 9.59 Å². The number of rotatable bonds is 3. The first-order valence-corrected chi connectivity index (χ1v) is 7.41. The van der Waals surface area contributed by atoms with Crippen LogP contribution in [0.5, 0.6) is 0 Å². The molecule has 8 nitrogen and oxygen atoms in total. The number of hydrogen-bond donors (Lipinski definition) is 2. The molecule has 0 aromatic carbocycles. The van der Waals surface area contributed by atoms with Crippen molar-refractivity contribution in [3.63, 3.8) is 0 Å². The zero-order valence-corrected chi connectivity index (χ0v) is 13.1. The van der Waals surface area contributed by atoms with E-state index in [2.05, 4.69) is 15.6 Å². The summed E-state index contributed by atoms with van der Waals surface area (Å²) < 4.78 is 6.81. The molecule has 1 fully saturated rings. The van der Waals surface area contributed by atoms with Crippen molar-refractivity contribution in [3.05, 3.63) is 11.9 Å². The Morgan fingerprint density at radius 3 is 2.64 bits per heavy atom. The molecule has 1 aliphatic rings. The van der Waals surface area contributed by atoms with Crippen LogP contribution in [0.4, 0.5) is 4.79 Å². The Kier molecular flexibility index (Phi) is 4.68. The van der Waals surface area contributed by atoms with Gasteiger partial charge < -0.3 is 15.2 Å². The smallest absolute Gasteiger partial charge is 0.407 e. The molecule has 0 bridgehead atoms. The second-order valence-corrected chi connectivity index (χ2v) is 6.49. The topological polar surface area (TPSA) is 106 Å². The summed E-state index contributed by atoms with van der Waals surface area (Å²) in [4.78, 5) is 22.9. The van der Waals surface area contributed by atoms with Gasteiger partial charge in [0.2, 0.25) is 0 Å². The average molecular weight is 310 g/mol. The summed E-state index contributed by atoms with van der Waals surface area (Å²) in [5, 5.41) is 19.3. The zero-order valence-electron chi connectivity index (χ0n) is 13.1. The third-order valence-electron chi connectivity index (χ3n) is 3.50. The summed E-state index contributed by atoms with van der Waals surface area (Å²) in [6.45, 7) is 5.42. The van der Waals surface area contributed by atoms with Crippen molar-refractivity contribution in [3.8, 4) is 0 Å². The molecule has 1 aromatic rings. The Morgan fingerprint density at radius 1 is 1.36 bits per heavy atom. The van der Waals surface area contributed by atoms with Gasteiger partial charge in [0.05, 0.1) is 18.3 Å². The molecule has 0 saturated heterocycles. The van der Waals surface area contributed by atoms with Gasteiger partial charge in [0, 0.05) is 0 Å². The summed E-state index contributed by atoms with van der Waals surface area (Å²) in [5.74, 6) is -1.11. The molecule has 8 heteroatoms. The molecular weight excluding hydrogens is 288 g/mol. The van der Waals surface area contributed by atoms with Gasteiger partial charge in [0.25, 0.3) is 0 Å². The predicted molar refractivity (Wildman–Crippen MR) is 77.6 cm³/mol. The average Bonchev–Trinajstić information content (AvgIpc) is 2.86. The van der Waals surface area contributed by atoms with Gasteiger partial charge in [-0.15, -0.1) is 5.10 Å². The highest BCUT2D eigenvalue weighted by Gasteiger charge is 2.30. The van der Waals surface area contributed by atoms with Gasteiger partial charge >= 0.3 is 12.1 Å². The quantitative estimate of drug-likeness (QED) is 0.884. The molecule has 0 radical (unpaired) electrons. The number of carbonyl (C=O) groups excluding carboxylic acids is 1. The number of amides is 1. The van der Waals surface area contributed by atoms with E-state index in [0.717, 1.165) is 25.7 Å². The Balaban J connectivity index is 2.07. The third-order valence-corrected chi connectivity index (χ3v) is 3.50. The molecule has 122 valence electrons. The number of ether oxygens (including phenoxy) is 1. The molecule has 2 N–H and O–H groups in total. The number of carboxylic acid groups (broad SMARTS) is 1. The Morgan fingerprint density at radius 2 is 2.05 bits per heavy atom. The van der Waals surface area contributed by atoms with Crippen molar-refractivity contribution in [1.82, 2.24) is 20.3 Å². The van der Waals surface area contributed by atoms with Crippen molar-refractivity contribution >= 4 is 12.1 Å². The minimum Gasteiger partial charge on any atom is -0.476 e. The maximum atomic E-state index is 11.9. The molecule has 1 aliphatic carbocycles. The van der Waals surface area contributed by atoms with Crippen LogP contribution >= 0.6 is 0 Å². The van der Waals surface area contributed by atoms with Crippen LogP contribution in [0.25, 0.3) is 0 Å². The second-order valence-electron chi connectivity index (χ2n) is 6.49. The molecule has 1 amide bonds. The molecule has 2 atom stereocenters. The number of aromatic carboxylic acids is 1. The van der Waals surface area contributed by atoms with Gasteiger partial charge in [-0.05, 0) is 33.6 Å². The number of nitrogens with zero attached hydrogens (tertiary/aromatic N) is 3. The Bertz CT molecular complexity index is 549.